The van der Waals surface area contributed by atoms with Crippen LogP contribution in [-0.4, -0.2) is 9.97 Å². The molecule has 0 aliphatic heterocycles. The van der Waals surface area contributed by atoms with Crippen LogP contribution >= 0.6 is 0 Å². The predicted molar refractivity (Wildman–Crippen MR) is 22.0 cm³/mol. The molecular weight excluding hydrogens is 141 g/mol. The Kier molecular flexibility index (Phi) is 3.71. The summed E-state index contributed by atoms with van der Waals surface area (Å²) in [5, 5.41) is 0. The number of hydrogen-bond donors (Lipinski definition) is 0. The van der Waals surface area contributed by atoms with Crippen molar-refractivity contribution < 1.29 is 19.5 Å². The summed E-state index contributed by atoms with van der Waals surface area (Å²) in [6, 6.07) is 1.78. The molecule has 0 saturated carbocycles. The van der Waals surface area contributed by atoms with Gasteiger partial charge in [-0.2, -0.15) is 0 Å². The fourth-order valence-corrected chi connectivity index (χ4v) is 0.253. The van der Waals surface area contributed by atoms with Crippen molar-refractivity contribution in [2.45, 2.75) is 0 Å². The van der Waals surface area contributed by atoms with Gasteiger partial charge in [0.25, 0.3) is 0 Å². The van der Waals surface area contributed by atoms with E-state index in [0.717, 1.165) is 0 Å². The average molecular weight is 145 g/mol. The standard InChI is InChI=1S/C4H4N2.Zn/c1-2-5-4-6-3-1;/h1-4H;. The summed E-state index contributed by atoms with van der Waals surface area (Å²) < 4.78 is 0. The van der Waals surface area contributed by atoms with Gasteiger partial charge in [-0.3, -0.25) is 0 Å². The Morgan fingerprint density at radius 3 is 1.71 bits per heavy atom. The number of nitrogens with zero attached hydrogens (tertiary/aromatic N) is 2. The van der Waals surface area contributed by atoms with Crippen LogP contribution in [-0.2, 0) is 19.5 Å². The summed E-state index contributed by atoms with van der Waals surface area (Å²) in [7, 11) is 0. The van der Waals surface area contributed by atoms with E-state index in [1.54, 1.807) is 18.5 Å². The van der Waals surface area contributed by atoms with Crippen LogP contribution in [0.1, 0.15) is 0 Å². The first-order chi connectivity index (χ1) is 3.00. The van der Waals surface area contributed by atoms with Crippen LogP contribution in [0.25, 0.3) is 0 Å². The summed E-state index contributed by atoms with van der Waals surface area (Å²) in [6.07, 6.45) is 4.88. The van der Waals surface area contributed by atoms with E-state index < -0.39 is 0 Å². The smallest absolute Gasteiger partial charge is 0.115 e. The monoisotopic (exact) mass is 144 g/mol. The zero-order valence-electron chi connectivity index (χ0n) is 3.91. The van der Waals surface area contributed by atoms with Crippen molar-refractivity contribution in [1.29, 1.82) is 0 Å². The quantitative estimate of drug-likeness (QED) is 0.496. The molecule has 3 heteroatoms. The van der Waals surface area contributed by atoms with E-state index in [0.29, 0.717) is 0 Å². The second-order valence-corrected chi connectivity index (χ2v) is 0.904. The minimum Gasteiger partial charge on any atom is -0.245 e. The van der Waals surface area contributed by atoms with Gasteiger partial charge in [0.1, 0.15) is 6.33 Å². The van der Waals surface area contributed by atoms with Crippen LogP contribution in [0, 0.1) is 0 Å². The molecule has 0 aliphatic carbocycles. The maximum Gasteiger partial charge on any atom is 0.115 e. The molecule has 1 rings (SSSR count). The van der Waals surface area contributed by atoms with Crippen molar-refractivity contribution in [3.8, 4) is 0 Å². The van der Waals surface area contributed by atoms with Gasteiger partial charge in [-0.25, -0.2) is 9.97 Å². The third-order valence-corrected chi connectivity index (χ3v) is 0.478. The minimum atomic E-state index is 0. The fraction of sp³-hybridized carbons (Fsp3) is 0. The van der Waals surface area contributed by atoms with Crippen molar-refractivity contribution in [2.75, 3.05) is 0 Å². The summed E-state index contributed by atoms with van der Waals surface area (Å²) in [5.41, 5.74) is 0. The van der Waals surface area contributed by atoms with Gasteiger partial charge in [-0.1, -0.05) is 0 Å². The van der Waals surface area contributed by atoms with E-state index in [9.17, 15) is 0 Å². The summed E-state index contributed by atoms with van der Waals surface area (Å²) in [5.74, 6) is 0. The Morgan fingerprint density at radius 2 is 1.57 bits per heavy atom. The minimum absolute atomic E-state index is 0. The Morgan fingerprint density at radius 1 is 1.00 bits per heavy atom. The van der Waals surface area contributed by atoms with Crippen LogP contribution in [0.4, 0.5) is 0 Å². The van der Waals surface area contributed by atoms with E-state index in [-0.39, 0.29) is 19.5 Å². The maximum absolute atomic E-state index is 3.67. The van der Waals surface area contributed by atoms with Crippen molar-refractivity contribution in [2.24, 2.45) is 0 Å². The van der Waals surface area contributed by atoms with E-state index >= 15 is 0 Å². The van der Waals surface area contributed by atoms with E-state index in [1.807, 2.05) is 0 Å². The van der Waals surface area contributed by atoms with E-state index in [2.05, 4.69) is 9.97 Å². The molecule has 7 heavy (non-hydrogen) atoms. The number of rotatable bonds is 0. The van der Waals surface area contributed by atoms with Crippen LogP contribution in [0.3, 0.4) is 0 Å². The molecular formula is C4H4N2Zn. The second kappa shape index (κ2) is 3.88. The molecule has 1 heterocycles. The Hall–Kier alpha value is -0.297. The number of aromatic nitrogens is 2. The summed E-state index contributed by atoms with van der Waals surface area (Å²) in [6.45, 7) is 0. The van der Waals surface area contributed by atoms with Gasteiger partial charge in [-0.15, -0.1) is 0 Å². The second-order valence-electron chi connectivity index (χ2n) is 0.904. The molecule has 2 nitrogen and oxygen atoms in total. The van der Waals surface area contributed by atoms with Crippen LogP contribution in [0.15, 0.2) is 24.8 Å². The Labute approximate surface area is 54.8 Å². The molecule has 32 valence electrons. The zero-order valence-corrected chi connectivity index (χ0v) is 6.88. The van der Waals surface area contributed by atoms with Gasteiger partial charge in [0.05, 0.1) is 0 Å². The van der Waals surface area contributed by atoms with Crippen LogP contribution in [0.2, 0.25) is 0 Å². The molecule has 1 aromatic rings. The molecule has 0 N–H and O–H groups in total. The third-order valence-electron chi connectivity index (χ3n) is 0.478. The van der Waals surface area contributed by atoms with Crippen molar-refractivity contribution in [3.05, 3.63) is 24.8 Å². The van der Waals surface area contributed by atoms with Gasteiger partial charge in [-0.05, 0) is 6.07 Å². The van der Waals surface area contributed by atoms with Gasteiger partial charge in [0.15, 0.2) is 0 Å². The molecule has 0 aromatic carbocycles. The van der Waals surface area contributed by atoms with Gasteiger partial charge < -0.3 is 0 Å². The molecule has 0 radical (unpaired) electrons. The molecule has 0 aliphatic rings. The first kappa shape index (κ1) is 6.70. The van der Waals surface area contributed by atoms with E-state index in [1.165, 1.54) is 6.33 Å². The molecule has 0 unspecified atom stereocenters. The molecule has 0 saturated heterocycles. The summed E-state index contributed by atoms with van der Waals surface area (Å²) in [4.78, 5) is 7.35. The zero-order chi connectivity index (χ0) is 4.24. The Balaban J connectivity index is 0.000000360. The van der Waals surface area contributed by atoms with E-state index in [4.69, 9.17) is 0 Å². The number of hydrogen-bond acceptors (Lipinski definition) is 2. The topological polar surface area (TPSA) is 25.8 Å². The van der Waals surface area contributed by atoms with Crippen molar-refractivity contribution in [3.63, 3.8) is 0 Å². The molecule has 0 bridgehead atoms. The fourth-order valence-electron chi connectivity index (χ4n) is 0.253. The molecule has 1 aromatic heterocycles. The maximum atomic E-state index is 3.67. The predicted octanol–water partition coefficient (Wildman–Crippen LogP) is 0.474. The van der Waals surface area contributed by atoms with Gasteiger partial charge in [0.2, 0.25) is 0 Å². The van der Waals surface area contributed by atoms with Crippen molar-refractivity contribution >= 4 is 0 Å². The third kappa shape index (κ3) is 2.40. The molecule has 0 amide bonds. The SMILES string of the molecule is [Zn].c1cncnc1. The molecule has 0 fully saturated rings. The summed E-state index contributed by atoms with van der Waals surface area (Å²) >= 11 is 0. The molecule has 0 spiro atoms. The average Bonchev–Trinajstić information content (AvgIpc) is 1.72. The largest absolute Gasteiger partial charge is 0.245 e. The van der Waals surface area contributed by atoms with Crippen LogP contribution in [0.5, 0.6) is 0 Å². The van der Waals surface area contributed by atoms with Crippen molar-refractivity contribution in [1.82, 2.24) is 9.97 Å². The van der Waals surface area contributed by atoms with Gasteiger partial charge in [0, 0.05) is 31.9 Å². The normalized spacial score (nSPS) is 6.86. The van der Waals surface area contributed by atoms with Crippen LogP contribution < -0.4 is 0 Å². The first-order valence-electron chi connectivity index (χ1n) is 1.70. The van der Waals surface area contributed by atoms with Gasteiger partial charge >= 0.3 is 0 Å². The molecule has 0 atom stereocenters. The Bertz CT molecular complexity index is 81.6. The first-order valence-corrected chi connectivity index (χ1v) is 1.70.